The van der Waals surface area contributed by atoms with Gasteiger partial charge in [-0.2, -0.15) is 4.98 Å². The van der Waals surface area contributed by atoms with Gasteiger partial charge in [0.1, 0.15) is 5.56 Å². The molecule has 142 valence electrons. The summed E-state index contributed by atoms with van der Waals surface area (Å²) in [4.78, 5) is 16.8. The number of aromatic nitrogens is 2. The van der Waals surface area contributed by atoms with E-state index in [9.17, 15) is 4.79 Å². The lowest BCUT2D eigenvalue weighted by atomic mass is 10.1. The first-order chi connectivity index (χ1) is 13.6. The van der Waals surface area contributed by atoms with Crippen LogP contribution in [-0.2, 0) is 0 Å². The summed E-state index contributed by atoms with van der Waals surface area (Å²) in [5.41, 5.74) is 0.581. The molecule has 0 N–H and O–H groups in total. The van der Waals surface area contributed by atoms with E-state index in [0.29, 0.717) is 39.6 Å². The molecular weight excluding hydrogens is 364 g/mol. The Labute approximate surface area is 159 Å². The van der Waals surface area contributed by atoms with Crippen molar-refractivity contribution in [3.05, 3.63) is 52.9 Å². The Morgan fingerprint density at radius 1 is 0.893 bits per heavy atom. The van der Waals surface area contributed by atoms with Crippen LogP contribution >= 0.6 is 0 Å². The second-order valence-electron chi connectivity index (χ2n) is 5.82. The van der Waals surface area contributed by atoms with Gasteiger partial charge in [0, 0.05) is 10.9 Å². The molecule has 0 atom stereocenters. The summed E-state index contributed by atoms with van der Waals surface area (Å²) >= 11 is 0. The molecule has 0 saturated carbocycles. The highest BCUT2D eigenvalue weighted by Gasteiger charge is 2.18. The van der Waals surface area contributed by atoms with Gasteiger partial charge in [0.15, 0.2) is 22.8 Å². The number of hydrogen-bond donors (Lipinski definition) is 0. The zero-order chi connectivity index (χ0) is 19.7. The molecule has 0 fully saturated rings. The summed E-state index contributed by atoms with van der Waals surface area (Å²) in [6.45, 7) is 0. The van der Waals surface area contributed by atoms with Crippen molar-refractivity contribution in [2.24, 2.45) is 0 Å². The van der Waals surface area contributed by atoms with Gasteiger partial charge in [-0.15, -0.1) is 0 Å². The molecule has 8 heteroatoms. The third kappa shape index (κ3) is 2.94. The van der Waals surface area contributed by atoms with Gasteiger partial charge in [0.2, 0.25) is 5.82 Å². The van der Waals surface area contributed by atoms with Crippen LogP contribution in [-0.4, -0.2) is 31.5 Å². The van der Waals surface area contributed by atoms with Crippen molar-refractivity contribution < 1.29 is 23.2 Å². The Morgan fingerprint density at radius 3 is 2.43 bits per heavy atom. The van der Waals surface area contributed by atoms with Crippen LogP contribution in [0.3, 0.4) is 0 Å². The number of rotatable bonds is 5. The maximum Gasteiger partial charge on any atom is 0.349 e. The van der Waals surface area contributed by atoms with Crippen molar-refractivity contribution in [2.75, 3.05) is 21.3 Å². The van der Waals surface area contributed by atoms with E-state index in [2.05, 4.69) is 10.1 Å². The summed E-state index contributed by atoms with van der Waals surface area (Å²) in [6, 6.07) is 12.2. The lowest BCUT2D eigenvalue weighted by Gasteiger charge is -2.07. The highest BCUT2D eigenvalue weighted by Crippen LogP contribution is 2.32. The van der Waals surface area contributed by atoms with Gasteiger partial charge in [-0.25, -0.2) is 4.79 Å². The SMILES string of the molecule is COc1ccc(-c2noc(-c3cc4cccc(OC)c4oc3=O)n2)cc1OC. The predicted molar refractivity (Wildman–Crippen MR) is 101 cm³/mol. The summed E-state index contributed by atoms with van der Waals surface area (Å²) in [6.07, 6.45) is 0. The van der Waals surface area contributed by atoms with Gasteiger partial charge in [-0.3, -0.25) is 0 Å². The number of hydrogen-bond acceptors (Lipinski definition) is 8. The highest BCUT2D eigenvalue weighted by atomic mass is 16.5. The van der Waals surface area contributed by atoms with Crippen LogP contribution in [0.25, 0.3) is 33.8 Å². The molecule has 28 heavy (non-hydrogen) atoms. The average Bonchev–Trinajstić information content (AvgIpc) is 3.22. The molecule has 0 amide bonds. The molecule has 0 aliphatic rings. The van der Waals surface area contributed by atoms with Crippen molar-refractivity contribution in [3.8, 4) is 40.1 Å². The minimum atomic E-state index is -0.598. The zero-order valence-corrected chi connectivity index (χ0v) is 15.4. The van der Waals surface area contributed by atoms with Crippen LogP contribution in [0, 0.1) is 0 Å². The van der Waals surface area contributed by atoms with Crippen LogP contribution in [0.4, 0.5) is 0 Å². The maximum absolute atomic E-state index is 12.4. The number of fused-ring (bicyclic) bond motifs is 1. The van der Waals surface area contributed by atoms with E-state index in [4.69, 9.17) is 23.2 Å². The molecule has 0 unspecified atom stereocenters. The van der Waals surface area contributed by atoms with Gasteiger partial charge in [-0.1, -0.05) is 17.3 Å². The highest BCUT2D eigenvalue weighted by molar-refractivity contribution is 5.85. The summed E-state index contributed by atoms with van der Waals surface area (Å²) in [5, 5.41) is 4.64. The van der Waals surface area contributed by atoms with E-state index in [1.165, 1.54) is 14.2 Å². The fraction of sp³-hybridized carbons (Fsp3) is 0.150. The van der Waals surface area contributed by atoms with E-state index in [1.807, 2.05) is 0 Å². The molecule has 4 aromatic rings. The second-order valence-corrected chi connectivity index (χ2v) is 5.82. The first-order valence-corrected chi connectivity index (χ1v) is 8.32. The summed E-state index contributed by atoms with van der Waals surface area (Å²) < 4.78 is 26.4. The van der Waals surface area contributed by atoms with Gasteiger partial charge < -0.3 is 23.2 Å². The molecule has 2 aromatic heterocycles. The second kappa shape index (κ2) is 7.07. The molecule has 0 radical (unpaired) electrons. The van der Waals surface area contributed by atoms with E-state index in [1.54, 1.807) is 49.6 Å². The van der Waals surface area contributed by atoms with Crippen LogP contribution in [0.2, 0.25) is 0 Å². The molecule has 0 aliphatic heterocycles. The van der Waals surface area contributed by atoms with Crippen molar-refractivity contribution in [1.82, 2.24) is 10.1 Å². The van der Waals surface area contributed by atoms with Gasteiger partial charge in [0.25, 0.3) is 5.89 Å². The standard InChI is InChI=1S/C20H16N2O6/c1-24-14-8-7-12(10-16(14)26-3)18-21-19(28-22-18)13-9-11-5-4-6-15(25-2)17(11)27-20(13)23/h4-10H,1-3H3. The number of methoxy groups -OCH3 is 3. The third-order valence-electron chi connectivity index (χ3n) is 4.24. The van der Waals surface area contributed by atoms with Crippen LogP contribution in [0.15, 0.2) is 56.2 Å². The fourth-order valence-electron chi connectivity index (χ4n) is 2.85. The number of para-hydroxylation sites is 1. The Kier molecular flexibility index (Phi) is 4.44. The monoisotopic (exact) mass is 380 g/mol. The first kappa shape index (κ1) is 17.6. The number of ether oxygens (including phenoxy) is 3. The van der Waals surface area contributed by atoms with Crippen LogP contribution in [0.5, 0.6) is 17.2 Å². The fourth-order valence-corrected chi connectivity index (χ4v) is 2.85. The molecule has 4 rings (SSSR count). The lowest BCUT2D eigenvalue weighted by molar-refractivity contribution is 0.355. The Hall–Kier alpha value is -3.81. The van der Waals surface area contributed by atoms with Gasteiger partial charge in [0.05, 0.1) is 21.3 Å². The zero-order valence-electron chi connectivity index (χ0n) is 15.4. The smallest absolute Gasteiger partial charge is 0.349 e. The van der Waals surface area contributed by atoms with E-state index < -0.39 is 5.63 Å². The third-order valence-corrected chi connectivity index (χ3v) is 4.24. The number of benzene rings is 2. The van der Waals surface area contributed by atoms with E-state index in [0.717, 1.165) is 0 Å². The quantitative estimate of drug-likeness (QED) is 0.485. The first-order valence-electron chi connectivity index (χ1n) is 8.32. The molecule has 2 aromatic carbocycles. The normalized spacial score (nSPS) is 10.8. The predicted octanol–water partition coefficient (Wildman–Crippen LogP) is 3.54. The van der Waals surface area contributed by atoms with E-state index in [-0.39, 0.29) is 11.5 Å². The van der Waals surface area contributed by atoms with Gasteiger partial charge >= 0.3 is 5.63 Å². The van der Waals surface area contributed by atoms with E-state index >= 15 is 0 Å². The molecular formula is C20H16N2O6. The Morgan fingerprint density at radius 2 is 1.68 bits per heavy atom. The molecule has 0 spiro atoms. The van der Waals surface area contributed by atoms with Crippen molar-refractivity contribution in [1.29, 1.82) is 0 Å². The maximum atomic E-state index is 12.4. The Bertz CT molecular complexity index is 1210. The summed E-state index contributed by atoms with van der Waals surface area (Å²) in [7, 11) is 4.60. The lowest BCUT2D eigenvalue weighted by Crippen LogP contribution is -2.03. The van der Waals surface area contributed by atoms with Crippen molar-refractivity contribution in [2.45, 2.75) is 0 Å². The molecule has 0 saturated heterocycles. The van der Waals surface area contributed by atoms with Crippen molar-refractivity contribution in [3.63, 3.8) is 0 Å². The van der Waals surface area contributed by atoms with Gasteiger partial charge in [-0.05, 0) is 30.3 Å². The minimum Gasteiger partial charge on any atom is -0.493 e. The minimum absolute atomic E-state index is 0.0586. The summed E-state index contributed by atoms with van der Waals surface area (Å²) in [5.74, 6) is 1.95. The topological polar surface area (TPSA) is 96.8 Å². The van der Waals surface area contributed by atoms with Crippen molar-refractivity contribution >= 4 is 11.0 Å². The molecule has 2 heterocycles. The average molecular weight is 380 g/mol. The van der Waals surface area contributed by atoms with Crippen LogP contribution in [0.1, 0.15) is 0 Å². The largest absolute Gasteiger partial charge is 0.493 e. The van der Waals surface area contributed by atoms with Crippen LogP contribution < -0.4 is 19.8 Å². The Balaban J connectivity index is 1.78. The molecule has 0 bridgehead atoms. The molecule has 0 aliphatic carbocycles. The number of nitrogens with zero attached hydrogens (tertiary/aromatic N) is 2. The molecule has 8 nitrogen and oxygen atoms in total.